The van der Waals surface area contributed by atoms with Gasteiger partial charge in [0.15, 0.2) is 0 Å². The van der Waals surface area contributed by atoms with E-state index in [1.807, 2.05) is 30.3 Å². The quantitative estimate of drug-likeness (QED) is 0.629. The molecule has 0 aliphatic rings. The Morgan fingerprint density at radius 1 is 1.15 bits per heavy atom. The zero-order chi connectivity index (χ0) is 15.0. The van der Waals surface area contributed by atoms with Crippen molar-refractivity contribution in [3.63, 3.8) is 0 Å². The van der Waals surface area contributed by atoms with Crippen LogP contribution in [0.15, 0.2) is 30.3 Å². The number of esters is 1. The van der Waals surface area contributed by atoms with E-state index in [4.69, 9.17) is 15.2 Å². The summed E-state index contributed by atoms with van der Waals surface area (Å²) < 4.78 is 14.0. The Labute approximate surface area is 117 Å². The van der Waals surface area contributed by atoms with Gasteiger partial charge in [0.05, 0.1) is 6.10 Å². The molecule has 6 heteroatoms. The third-order valence-electron chi connectivity index (χ3n) is 2.31. The van der Waals surface area contributed by atoms with E-state index in [2.05, 4.69) is 4.74 Å². The monoisotopic (exact) mass is 281 g/mol. The smallest absolute Gasteiger partial charge is 0.431 e. The molecule has 0 unspecified atom stereocenters. The third-order valence-corrected chi connectivity index (χ3v) is 2.31. The predicted octanol–water partition coefficient (Wildman–Crippen LogP) is 1.62. The second-order valence-electron chi connectivity index (χ2n) is 4.44. The van der Waals surface area contributed by atoms with E-state index >= 15 is 0 Å². The van der Waals surface area contributed by atoms with Gasteiger partial charge in [0.1, 0.15) is 6.04 Å². The summed E-state index contributed by atoms with van der Waals surface area (Å²) in [6.45, 7) is 2.86. The molecule has 1 rings (SSSR count). The van der Waals surface area contributed by atoms with Gasteiger partial charge in [-0.3, -0.25) is 4.79 Å². The number of nitrogens with two attached hydrogens (primary N) is 1. The molecule has 0 heterocycles. The summed E-state index contributed by atoms with van der Waals surface area (Å²) in [4.78, 5) is 22.6. The molecular formula is C14H19NO5. The normalized spacial score (nSPS) is 11.8. The number of carbonyl (C=O) groups is 2. The van der Waals surface area contributed by atoms with Gasteiger partial charge in [-0.2, -0.15) is 0 Å². The van der Waals surface area contributed by atoms with E-state index in [0.717, 1.165) is 5.56 Å². The lowest BCUT2D eigenvalue weighted by atomic mass is 10.1. The van der Waals surface area contributed by atoms with Crippen molar-refractivity contribution in [2.45, 2.75) is 32.4 Å². The highest BCUT2D eigenvalue weighted by atomic mass is 16.8. The molecule has 0 spiro atoms. The summed E-state index contributed by atoms with van der Waals surface area (Å²) in [6, 6.07) is 8.52. The van der Waals surface area contributed by atoms with Gasteiger partial charge >= 0.3 is 12.1 Å². The molecule has 1 aromatic carbocycles. The van der Waals surface area contributed by atoms with Gasteiger partial charge in [0.25, 0.3) is 0 Å². The Balaban J connectivity index is 2.27. The number of rotatable bonds is 6. The molecule has 2 N–H and O–H groups in total. The van der Waals surface area contributed by atoms with Gasteiger partial charge in [-0.25, -0.2) is 4.79 Å². The van der Waals surface area contributed by atoms with Crippen LogP contribution >= 0.6 is 0 Å². The van der Waals surface area contributed by atoms with Crippen LogP contribution in [0.2, 0.25) is 0 Å². The van der Waals surface area contributed by atoms with Gasteiger partial charge < -0.3 is 19.9 Å². The molecule has 20 heavy (non-hydrogen) atoms. The molecule has 1 aromatic rings. The lowest BCUT2D eigenvalue weighted by Crippen LogP contribution is -2.35. The molecule has 0 aliphatic carbocycles. The highest BCUT2D eigenvalue weighted by Crippen LogP contribution is 2.03. The van der Waals surface area contributed by atoms with E-state index in [0.29, 0.717) is 6.42 Å². The average molecular weight is 281 g/mol. The van der Waals surface area contributed by atoms with Crippen LogP contribution in [0.3, 0.4) is 0 Å². The molecule has 110 valence electrons. The lowest BCUT2D eigenvalue weighted by molar-refractivity contribution is -0.155. The van der Waals surface area contributed by atoms with Crippen LogP contribution in [-0.4, -0.2) is 31.1 Å². The summed E-state index contributed by atoms with van der Waals surface area (Å²) >= 11 is 0. The van der Waals surface area contributed by atoms with Gasteiger partial charge in [-0.05, 0) is 25.8 Å². The molecule has 0 fully saturated rings. The van der Waals surface area contributed by atoms with Crippen molar-refractivity contribution in [2.75, 3.05) is 6.79 Å². The lowest BCUT2D eigenvalue weighted by Gasteiger charge is -2.12. The van der Waals surface area contributed by atoms with Gasteiger partial charge in [0.2, 0.25) is 6.79 Å². The van der Waals surface area contributed by atoms with E-state index in [1.54, 1.807) is 13.8 Å². The number of benzene rings is 1. The summed E-state index contributed by atoms with van der Waals surface area (Å²) in [5.41, 5.74) is 6.63. The van der Waals surface area contributed by atoms with Crippen LogP contribution in [0.4, 0.5) is 4.79 Å². The van der Waals surface area contributed by atoms with Crippen molar-refractivity contribution in [1.29, 1.82) is 0 Å². The number of carbonyl (C=O) groups excluding carboxylic acids is 2. The number of hydrogen-bond donors (Lipinski definition) is 1. The molecule has 6 nitrogen and oxygen atoms in total. The second kappa shape index (κ2) is 8.16. The first kappa shape index (κ1) is 16.0. The maximum atomic E-state index is 11.6. The van der Waals surface area contributed by atoms with Crippen LogP contribution in [0.5, 0.6) is 0 Å². The van der Waals surface area contributed by atoms with Crippen molar-refractivity contribution in [3.8, 4) is 0 Å². The predicted molar refractivity (Wildman–Crippen MR) is 71.8 cm³/mol. The Kier molecular flexibility index (Phi) is 6.52. The number of ether oxygens (including phenoxy) is 3. The largest absolute Gasteiger partial charge is 0.511 e. The minimum absolute atomic E-state index is 0.293. The zero-order valence-electron chi connectivity index (χ0n) is 11.6. The SMILES string of the molecule is CC(C)OC(=O)OCOC(=O)[C@@H](N)Cc1ccccc1. The molecule has 0 radical (unpaired) electrons. The fourth-order valence-corrected chi connectivity index (χ4v) is 1.42. The van der Waals surface area contributed by atoms with Crippen molar-refractivity contribution in [3.05, 3.63) is 35.9 Å². The van der Waals surface area contributed by atoms with E-state index < -0.39 is 25.0 Å². The van der Waals surface area contributed by atoms with Crippen LogP contribution in [0.1, 0.15) is 19.4 Å². The highest BCUT2D eigenvalue weighted by molar-refractivity contribution is 5.75. The molecule has 0 bridgehead atoms. The molecule has 1 atom stereocenters. The number of hydrogen-bond acceptors (Lipinski definition) is 6. The Bertz CT molecular complexity index is 432. The summed E-state index contributed by atoms with van der Waals surface area (Å²) in [5, 5.41) is 0. The van der Waals surface area contributed by atoms with Crippen molar-refractivity contribution in [2.24, 2.45) is 5.73 Å². The molecule has 0 amide bonds. The topological polar surface area (TPSA) is 87.9 Å². The maximum Gasteiger partial charge on any atom is 0.511 e. The third kappa shape index (κ3) is 6.19. The fourth-order valence-electron chi connectivity index (χ4n) is 1.42. The van der Waals surface area contributed by atoms with Crippen LogP contribution in [0.25, 0.3) is 0 Å². The standard InChI is InChI=1S/C14H19NO5/c1-10(2)20-14(17)19-9-18-13(16)12(15)8-11-6-4-3-5-7-11/h3-7,10,12H,8-9,15H2,1-2H3/t12-/m0/s1. The second-order valence-corrected chi connectivity index (χ2v) is 4.44. The van der Waals surface area contributed by atoms with E-state index in [1.165, 1.54) is 0 Å². The molecule has 0 aromatic heterocycles. The van der Waals surface area contributed by atoms with Crippen LogP contribution in [-0.2, 0) is 25.4 Å². The summed E-state index contributed by atoms with van der Waals surface area (Å²) in [6.07, 6.45) is -0.821. The van der Waals surface area contributed by atoms with E-state index in [9.17, 15) is 9.59 Å². The Hall–Kier alpha value is -2.08. The first-order valence-corrected chi connectivity index (χ1v) is 6.28. The zero-order valence-corrected chi connectivity index (χ0v) is 11.6. The van der Waals surface area contributed by atoms with Crippen molar-refractivity contribution < 1.29 is 23.8 Å². The average Bonchev–Trinajstić information content (AvgIpc) is 2.38. The summed E-state index contributed by atoms with van der Waals surface area (Å²) in [7, 11) is 0. The molecular weight excluding hydrogens is 262 g/mol. The Morgan fingerprint density at radius 3 is 2.40 bits per heavy atom. The van der Waals surface area contributed by atoms with Gasteiger partial charge in [-0.1, -0.05) is 30.3 Å². The van der Waals surface area contributed by atoms with Gasteiger partial charge in [-0.15, -0.1) is 0 Å². The minimum atomic E-state index is -0.885. The van der Waals surface area contributed by atoms with Crippen LogP contribution in [0, 0.1) is 0 Å². The highest BCUT2D eigenvalue weighted by Gasteiger charge is 2.16. The van der Waals surface area contributed by atoms with Crippen LogP contribution < -0.4 is 5.73 Å². The Morgan fingerprint density at radius 2 is 1.80 bits per heavy atom. The first-order chi connectivity index (χ1) is 9.49. The van der Waals surface area contributed by atoms with Crippen molar-refractivity contribution >= 4 is 12.1 Å². The summed E-state index contributed by atoms with van der Waals surface area (Å²) in [5.74, 6) is -0.633. The van der Waals surface area contributed by atoms with Gasteiger partial charge in [0, 0.05) is 0 Å². The van der Waals surface area contributed by atoms with E-state index in [-0.39, 0.29) is 6.10 Å². The van der Waals surface area contributed by atoms with Crippen molar-refractivity contribution in [1.82, 2.24) is 0 Å². The fraction of sp³-hybridized carbons (Fsp3) is 0.429. The minimum Gasteiger partial charge on any atom is -0.431 e. The molecule has 0 saturated carbocycles. The molecule has 0 aliphatic heterocycles. The maximum absolute atomic E-state index is 11.6. The first-order valence-electron chi connectivity index (χ1n) is 6.28. The molecule has 0 saturated heterocycles.